The Morgan fingerprint density at radius 1 is 1.35 bits per heavy atom. The maximum absolute atomic E-state index is 12.7. The van der Waals surface area contributed by atoms with Crippen molar-refractivity contribution in [2.75, 3.05) is 25.9 Å². The van der Waals surface area contributed by atoms with Crippen LogP contribution in [0.2, 0.25) is 0 Å². The maximum Gasteiger partial charge on any atom is 0.267 e. The van der Waals surface area contributed by atoms with E-state index in [0.29, 0.717) is 12.6 Å². The molecule has 2 aliphatic rings. The number of thioether (sulfide) groups is 1. The van der Waals surface area contributed by atoms with Crippen LogP contribution in [0.3, 0.4) is 0 Å². The van der Waals surface area contributed by atoms with Crippen molar-refractivity contribution in [3.63, 3.8) is 0 Å². The topological polar surface area (TPSA) is 58.4 Å². The van der Waals surface area contributed by atoms with Gasteiger partial charge in [-0.05, 0) is 26.7 Å². The summed E-state index contributed by atoms with van der Waals surface area (Å²) >= 11 is 1.56. The second-order valence-electron chi connectivity index (χ2n) is 6.54. The molecule has 0 bridgehead atoms. The molecule has 0 aliphatic carbocycles. The zero-order chi connectivity index (χ0) is 16.6. The van der Waals surface area contributed by atoms with E-state index in [1.807, 2.05) is 7.05 Å². The Morgan fingerprint density at radius 2 is 2.04 bits per heavy atom. The van der Waals surface area contributed by atoms with Crippen LogP contribution in [0.25, 0.3) is 0 Å². The summed E-state index contributed by atoms with van der Waals surface area (Å²) in [7, 11) is 1.81. The van der Waals surface area contributed by atoms with E-state index in [-0.39, 0.29) is 23.1 Å². The monoisotopic (exact) mass is 336 g/mol. The van der Waals surface area contributed by atoms with Gasteiger partial charge in [0.05, 0.1) is 0 Å². The molecule has 2 aliphatic heterocycles. The van der Waals surface area contributed by atoms with Crippen molar-refractivity contribution in [3.05, 3.63) is 22.1 Å². The molecule has 0 unspecified atom stereocenters. The summed E-state index contributed by atoms with van der Waals surface area (Å²) in [6.07, 6.45) is 3.36. The SMILES string of the molecule is CC(C)N1CCC(N(C)C(=O)c2cnc3n(c2=O)CCS3)CC1. The first kappa shape index (κ1) is 16.5. The Morgan fingerprint density at radius 3 is 2.70 bits per heavy atom. The number of carbonyl (C=O) groups is 1. The van der Waals surface area contributed by atoms with E-state index < -0.39 is 0 Å². The summed E-state index contributed by atoms with van der Waals surface area (Å²) in [6, 6.07) is 0.740. The summed E-state index contributed by atoms with van der Waals surface area (Å²) in [5, 5.41) is 0.722. The summed E-state index contributed by atoms with van der Waals surface area (Å²) in [6.45, 7) is 7.04. The number of hydrogen-bond acceptors (Lipinski definition) is 5. The predicted molar refractivity (Wildman–Crippen MR) is 91.0 cm³/mol. The number of amides is 1. The second-order valence-corrected chi connectivity index (χ2v) is 7.60. The molecule has 0 N–H and O–H groups in total. The summed E-state index contributed by atoms with van der Waals surface area (Å²) in [5.74, 6) is 0.654. The first-order chi connectivity index (χ1) is 11.0. The normalized spacial score (nSPS) is 19.1. The van der Waals surface area contributed by atoms with Crippen LogP contribution in [0.15, 0.2) is 16.1 Å². The van der Waals surface area contributed by atoms with Crippen molar-refractivity contribution in [1.82, 2.24) is 19.4 Å². The Kier molecular flexibility index (Phi) is 4.77. The Labute approximate surface area is 140 Å². The zero-order valence-corrected chi connectivity index (χ0v) is 14.8. The number of fused-ring (bicyclic) bond motifs is 1. The van der Waals surface area contributed by atoms with Gasteiger partial charge in [-0.15, -0.1) is 0 Å². The van der Waals surface area contributed by atoms with Gasteiger partial charge in [-0.1, -0.05) is 11.8 Å². The minimum atomic E-state index is -0.198. The highest BCUT2D eigenvalue weighted by molar-refractivity contribution is 7.99. The maximum atomic E-state index is 12.7. The highest BCUT2D eigenvalue weighted by atomic mass is 32.2. The van der Waals surface area contributed by atoms with Crippen LogP contribution < -0.4 is 5.56 Å². The first-order valence-electron chi connectivity index (χ1n) is 8.23. The standard InChI is InChI=1S/C16H24N4O2S/c1-11(2)19-6-4-12(5-7-19)18(3)14(21)13-10-17-16-20(15(13)22)8-9-23-16/h10-12H,4-9H2,1-3H3. The van der Waals surface area contributed by atoms with Gasteiger partial charge in [-0.2, -0.15) is 0 Å². The fraction of sp³-hybridized carbons (Fsp3) is 0.688. The number of likely N-dealkylation sites (tertiary alicyclic amines) is 1. The van der Waals surface area contributed by atoms with Gasteiger partial charge in [0.25, 0.3) is 11.5 Å². The molecule has 3 rings (SSSR count). The average molecular weight is 336 g/mol. The third-order valence-electron chi connectivity index (χ3n) is 4.88. The van der Waals surface area contributed by atoms with Crippen LogP contribution in [0.1, 0.15) is 37.0 Å². The van der Waals surface area contributed by atoms with Gasteiger partial charge in [-0.3, -0.25) is 14.2 Å². The van der Waals surface area contributed by atoms with E-state index >= 15 is 0 Å². The Bertz CT molecular complexity index is 650. The Hall–Kier alpha value is -1.34. The smallest absolute Gasteiger partial charge is 0.267 e. The van der Waals surface area contributed by atoms with Gasteiger partial charge in [0.1, 0.15) is 5.56 Å². The molecular formula is C16H24N4O2S. The third-order valence-corrected chi connectivity index (χ3v) is 5.86. The summed E-state index contributed by atoms with van der Waals surface area (Å²) < 4.78 is 1.62. The van der Waals surface area contributed by atoms with Crippen LogP contribution >= 0.6 is 11.8 Å². The second kappa shape index (κ2) is 6.65. The van der Waals surface area contributed by atoms with Crippen molar-refractivity contribution in [1.29, 1.82) is 0 Å². The number of nitrogens with zero attached hydrogens (tertiary/aromatic N) is 4. The van der Waals surface area contributed by atoms with E-state index in [0.717, 1.165) is 36.8 Å². The number of piperidine rings is 1. The van der Waals surface area contributed by atoms with Crippen LogP contribution in [0.4, 0.5) is 0 Å². The van der Waals surface area contributed by atoms with Crippen LogP contribution in [-0.2, 0) is 6.54 Å². The number of aromatic nitrogens is 2. The van der Waals surface area contributed by atoms with Crippen molar-refractivity contribution < 1.29 is 4.79 Å². The van der Waals surface area contributed by atoms with Crippen molar-refractivity contribution in [3.8, 4) is 0 Å². The van der Waals surface area contributed by atoms with Gasteiger partial charge in [-0.25, -0.2) is 4.98 Å². The fourth-order valence-electron chi connectivity index (χ4n) is 3.31. The van der Waals surface area contributed by atoms with Gasteiger partial charge in [0.15, 0.2) is 5.16 Å². The lowest BCUT2D eigenvalue weighted by Crippen LogP contribution is -2.48. The van der Waals surface area contributed by atoms with Gasteiger partial charge >= 0.3 is 0 Å². The molecule has 3 heterocycles. The molecule has 6 nitrogen and oxygen atoms in total. The molecule has 1 aromatic rings. The number of rotatable bonds is 3. The van der Waals surface area contributed by atoms with Crippen molar-refractivity contribution in [2.24, 2.45) is 0 Å². The molecule has 1 fully saturated rings. The molecule has 1 saturated heterocycles. The van der Waals surface area contributed by atoms with E-state index in [1.54, 1.807) is 21.2 Å². The van der Waals surface area contributed by atoms with Crippen LogP contribution in [0, 0.1) is 0 Å². The number of carbonyl (C=O) groups excluding carboxylic acids is 1. The molecule has 1 aromatic heterocycles. The molecule has 7 heteroatoms. The Balaban J connectivity index is 1.73. The zero-order valence-electron chi connectivity index (χ0n) is 14.0. The van der Waals surface area contributed by atoms with Crippen LogP contribution in [-0.4, -0.2) is 63.2 Å². The predicted octanol–water partition coefficient (Wildman–Crippen LogP) is 1.29. The quantitative estimate of drug-likeness (QED) is 0.779. The molecule has 23 heavy (non-hydrogen) atoms. The van der Waals surface area contributed by atoms with Crippen molar-refractivity contribution >= 4 is 17.7 Å². The molecule has 0 spiro atoms. The van der Waals surface area contributed by atoms with Gasteiger partial charge in [0.2, 0.25) is 0 Å². The minimum Gasteiger partial charge on any atom is -0.338 e. The molecule has 126 valence electrons. The largest absolute Gasteiger partial charge is 0.338 e. The highest BCUT2D eigenvalue weighted by Crippen LogP contribution is 2.22. The van der Waals surface area contributed by atoms with Crippen LogP contribution in [0.5, 0.6) is 0 Å². The number of hydrogen-bond donors (Lipinski definition) is 0. The lowest BCUT2D eigenvalue weighted by Gasteiger charge is -2.38. The lowest BCUT2D eigenvalue weighted by molar-refractivity contribution is 0.0612. The minimum absolute atomic E-state index is 0.197. The van der Waals surface area contributed by atoms with E-state index in [1.165, 1.54) is 6.20 Å². The van der Waals surface area contributed by atoms with Gasteiger partial charge < -0.3 is 9.80 Å². The molecule has 0 atom stereocenters. The van der Waals surface area contributed by atoms with E-state index in [4.69, 9.17) is 0 Å². The average Bonchev–Trinajstić information content (AvgIpc) is 3.03. The molecule has 0 radical (unpaired) electrons. The lowest BCUT2D eigenvalue weighted by atomic mass is 10.0. The summed E-state index contributed by atoms with van der Waals surface area (Å²) in [4.78, 5) is 33.7. The first-order valence-corrected chi connectivity index (χ1v) is 9.21. The third kappa shape index (κ3) is 3.17. The van der Waals surface area contributed by atoms with Gasteiger partial charge in [0, 0.05) is 50.7 Å². The van der Waals surface area contributed by atoms with E-state index in [9.17, 15) is 9.59 Å². The molecule has 1 amide bonds. The molecule has 0 saturated carbocycles. The van der Waals surface area contributed by atoms with Crippen molar-refractivity contribution in [2.45, 2.75) is 50.5 Å². The van der Waals surface area contributed by atoms with E-state index in [2.05, 4.69) is 23.7 Å². The fourth-order valence-corrected chi connectivity index (χ4v) is 4.22. The molecule has 0 aromatic carbocycles. The molecular weight excluding hydrogens is 312 g/mol. The summed E-state index contributed by atoms with van der Waals surface area (Å²) in [5.41, 5.74) is 0.00139. The highest BCUT2D eigenvalue weighted by Gasteiger charge is 2.29.